The van der Waals surface area contributed by atoms with Gasteiger partial charge in [0.15, 0.2) is 0 Å². The molecule has 4 rings (SSSR count). The highest BCUT2D eigenvalue weighted by Crippen LogP contribution is 2.31. The van der Waals surface area contributed by atoms with Crippen LogP contribution in [-0.4, -0.2) is 26.4 Å². The van der Waals surface area contributed by atoms with Crippen LogP contribution in [0.3, 0.4) is 0 Å². The average Bonchev–Trinajstić information content (AvgIpc) is 3.25. The van der Waals surface area contributed by atoms with E-state index in [2.05, 4.69) is 29.1 Å². The first kappa shape index (κ1) is 18.7. The van der Waals surface area contributed by atoms with Crippen molar-refractivity contribution in [3.8, 4) is 28.1 Å². The van der Waals surface area contributed by atoms with Crippen molar-refractivity contribution in [1.82, 2.24) is 19.3 Å². The van der Waals surface area contributed by atoms with Crippen molar-refractivity contribution in [3.05, 3.63) is 89.2 Å². The summed E-state index contributed by atoms with van der Waals surface area (Å²) in [5.74, 6) is 0.531. The second-order valence-corrected chi connectivity index (χ2v) is 6.93. The van der Waals surface area contributed by atoms with E-state index in [1.165, 1.54) is 5.56 Å². The van der Waals surface area contributed by atoms with Crippen LogP contribution in [0.5, 0.6) is 5.88 Å². The number of hydrogen-bond donors (Lipinski definition) is 0. The van der Waals surface area contributed by atoms with Gasteiger partial charge in [-0.1, -0.05) is 30.3 Å². The lowest BCUT2D eigenvalue weighted by molar-refractivity contribution is 0.398. The second-order valence-electron chi connectivity index (χ2n) is 6.93. The van der Waals surface area contributed by atoms with E-state index in [1.807, 2.05) is 47.5 Å². The van der Waals surface area contributed by atoms with Gasteiger partial charge >= 0.3 is 0 Å². The molecule has 3 heterocycles. The number of methoxy groups -OCH3 is 1. The second kappa shape index (κ2) is 7.75. The van der Waals surface area contributed by atoms with Crippen molar-refractivity contribution in [2.45, 2.75) is 13.0 Å². The standard InChI is InChI=1S/C23H22N4O2/c1-16(17-7-5-4-6-8-17)27-14-19(13-25-27)21-15-26(2)23(28)11-20(21)18-9-10-22(29-3)24-12-18/h4-16H,1-3H3. The van der Waals surface area contributed by atoms with Crippen LogP contribution in [0.2, 0.25) is 0 Å². The molecule has 1 aromatic carbocycles. The van der Waals surface area contributed by atoms with Crippen LogP contribution in [0, 0.1) is 0 Å². The Morgan fingerprint density at radius 1 is 0.966 bits per heavy atom. The smallest absolute Gasteiger partial charge is 0.250 e. The summed E-state index contributed by atoms with van der Waals surface area (Å²) in [5, 5.41) is 4.58. The minimum absolute atomic E-state index is 0.0791. The molecular formula is C23H22N4O2. The quantitative estimate of drug-likeness (QED) is 0.521. The lowest BCUT2D eigenvalue weighted by atomic mass is 9.99. The van der Waals surface area contributed by atoms with Gasteiger partial charge in [0.2, 0.25) is 5.88 Å². The van der Waals surface area contributed by atoms with Gasteiger partial charge in [0.25, 0.3) is 5.56 Å². The Morgan fingerprint density at radius 3 is 2.45 bits per heavy atom. The van der Waals surface area contributed by atoms with Crippen LogP contribution in [0.15, 0.2) is 78.1 Å². The first-order valence-corrected chi connectivity index (χ1v) is 9.37. The van der Waals surface area contributed by atoms with Crippen LogP contribution >= 0.6 is 0 Å². The SMILES string of the molecule is COc1ccc(-c2cc(=O)n(C)cc2-c2cnn(C(C)c3ccccc3)c2)cn1. The molecule has 0 N–H and O–H groups in total. The zero-order chi connectivity index (χ0) is 20.4. The van der Waals surface area contributed by atoms with Crippen molar-refractivity contribution in [2.24, 2.45) is 7.05 Å². The number of aryl methyl sites for hydroxylation is 1. The van der Waals surface area contributed by atoms with Crippen molar-refractivity contribution in [2.75, 3.05) is 7.11 Å². The molecule has 0 aliphatic carbocycles. The molecule has 146 valence electrons. The van der Waals surface area contributed by atoms with E-state index in [-0.39, 0.29) is 11.6 Å². The zero-order valence-corrected chi connectivity index (χ0v) is 16.6. The number of benzene rings is 1. The van der Waals surface area contributed by atoms with Crippen LogP contribution in [0.1, 0.15) is 18.5 Å². The molecule has 0 saturated carbocycles. The molecule has 1 unspecified atom stereocenters. The molecule has 0 aliphatic heterocycles. The number of rotatable bonds is 5. The highest BCUT2D eigenvalue weighted by Gasteiger charge is 2.15. The molecule has 0 radical (unpaired) electrons. The van der Waals surface area contributed by atoms with Crippen LogP contribution in [0.25, 0.3) is 22.3 Å². The number of nitrogens with zero attached hydrogens (tertiary/aromatic N) is 4. The maximum atomic E-state index is 12.3. The number of ether oxygens (including phenoxy) is 1. The van der Waals surface area contributed by atoms with Crippen molar-refractivity contribution >= 4 is 0 Å². The molecule has 0 amide bonds. The van der Waals surface area contributed by atoms with E-state index >= 15 is 0 Å². The van der Waals surface area contributed by atoms with E-state index in [0.29, 0.717) is 5.88 Å². The summed E-state index contributed by atoms with van der Waals surface area (Å²) < 4.78 is 8.66. The summed E-state index contributed by atoms with van der Waals surface area (Å²) in [4.78, 5) is 16.6. The molecule has 4 aromatic rings. The van der Waals surface area contributed by atoms with Gasteiger partial charge in [-0.15, -0.1) is 0 Å². The highest BCUT2D eigenvalue weighted by atomic mass is 16.5. The van der Waals surface area contributed by atoms with Gasteiger partial charge in [0.1, 0.15) is 0 Å². The van der Waals surface area contributed by atoms with Gasteiger partial charge in [0.05, 0.1) is 19.3 Å². The monoisotopic (exact) mass is 386 g/mol. The van der Waals surface area contributed by atoms with E-state index in [1.54, 1.807) is 37.1 Å². The summed E-state index contributed by atoms with van der Waals surface area (Å²) >= 11 is 0. The molecule has 6 heteroatoms. The maximum absolute atomic E-state index is 12.3. The van der Waals surface area contributed by atoms with E-state index in [9.17, 15) is 4.79 Å². The fraction of sp³-hybridized carbons (Fsp3) is 0.174. The molecule has 1 atom stereocenters. The molecule has 29 heavy (non-hydrogen) atoms. The first-order chi connectivity index (χ1) is 14.1. The Kier molecular flexibility index (Phi) is 4.99. The third-order valence-corrected chi connectivity index (χ3v) is 5.08. The third-order valence-electron chi connectivity index (χ3n) is 5.08. The fourth-order valence-corrected chi connectivity index (χ4v) is 3.33. The molecule has 6 nitrogen and oxygen atoms in total. The highest BCUT2D eigenvalue weighted by molar-refractivity contribution is 5.82. The lowest BCUT2D eigenvalue weighted by Gasteiger charge is -2.13. The summed E-state index contributed by atoms with van der Waals surface area (Å²) in [6.45, 7) is 2.11. The van der Waals surface area contributed by atoms with Crippen LogP contribution in [-0.2, 0) is 7.05 Å². The minimum Gasteiger partial charge on any atom is -0.481 e. The van der Waals surface area contributed by atoms with Crippen molar-refractivity contribution in [3.63, 3.8) is 0 Å². The number of hydrogen-bond acceptors (Lipinski definition) is 4. The zero-order valence-electron chi connectivity index (χ0n) is 16.6. The van der Waals surface area contributed by atoms with Gasteiger partial charge in [-0.2, -0.15) is 5.10 Å². The number of aromatic nitrogens is 4. The molecular weight excluding hydrogens is 364 g/mol. The molecule has 0 saturated heterocycles. The van der Waals surface area contributed by atoms with Crippen molar-refractivity contribution in [1.29, 1.82) is 0 Å². The van der Waals surface area contributed by atoms with Crippen LogP contribution in [0.4, 0.5) is 0 Å². The summed E-state index contributed by atoms with van der Waals surface area (Å²) in [6, 6.07) is 15.7. The van der Waals surface area contributed by atoms with Gasteiger partial charge < -0.3 is 9.30 Å². The van der Waals surface area contributed by atoms with Gasteiger partial charge in [-0.05, 0) is 24.1 Å². The van der Waals surface area contributed by atoms with E-state index in [4.69, 9.17) is 4.74 Å². The molecule has 0 fully saturated rings. The van der Waals surface area contributed by atoms with Crippen molar-refractivity contribution < 1.29 is 4.74 Å². The third kappa shape index (κ3) is 3.69. The Bertz CT molecular complexity index is 1180. The lowest BCUT2D eigenvalue weighted by Crippen LogP contribution is -2.15. The molecule has 0 spiro atoms. The van der Waals surface area contributed by atoms with Gasteiger partial charge in [-0.3, -0.25) is 9.48 Å². The minimum atomic E-state index is -0.0791. The first-order valence-electron chi connectivity index (χ1n) is 9.37. The molecule has 0 bridgehead atoms. The Balaban J connectivity index is 1.78. The normalized spacial score (nSPS) is 12.0. The van der Waals surface area contributed by atoms with E-state index in [0.717, 1.165) is 22.3 Å². The predicted molar refractivity (Wildman–Crippen MR) is 113 cm³/mol. The Hall–Kier alpha value is -3.67. The maximum Gasteiger partial charge on any atom is 0.250 e. The Labute approximate surface area is 169 Å². The molecule has 0 aliphatic rings. The predicted octanol–water partition coefficient (Wildman–Crippen LogP) is 3.93. The Morgan fingerprint density at radius 2 is 1.76 bits per heavy atom. The summed E-state index contributed by atoms with van der Waals surface area (Å²) in [6.07, 6.45) is 7.40. The number of pyridine rings is 2. The van der Waals surface area contributed by atoms with Gasteiger partial charge in [0, 0.05) is 54.5 Å². The largest absolute Gasteiger partial charge is 0.481 e. The summed E-state index contributed by atoms with van der Waals surface area (Å²) in [5.41, 5.74) is 4.63. The summed E-state index contributed by atoms with van der Waals surface area (Å²) in [7, 11) is 3.33. The molecule has 3 aromatic heterocycles. The van der Waals surface area contributed by atoms with Crippen LogP contribution < -0.4 is 10.3 Å². The topological polar surface area (TPSA) is 61.9 Å². The average molecular weight is 386 g/mol. The van der Waals surface area contributed by atoms with E-state index < -0.39 is 0 Å². The van der Waals surface area contributed by atoms with Gasteiger partial charge in [-0.25, -0.2) is 4.98 Å². The fourth-order valence-electron chi connectivity index (χ4n) is 3.33.